The smallest absolute Gasteiger partial charge is 0.362 e. The molecule has 0 unspecified atom stereocenters. The molecule has 4 nitrogen and oxygen atoms in total. The molecule has 0 bridgehead atoms. The summed E-state index contributed by atoms with van der Waals surface area (Å²) in [6.45, 7) is 3.53. The van der Waals surface area contributed by atoms with Crippen LogP contribution in [0.2, 0.25) is 5.02 Å². The van der Waals surface area contributed by atoms with E-state index in [0.717, 1.165) is 6.42 Å². The number of benzene rings is 1. The summed E-state index contributed by atoms with van der Waals surface area (Å²) in [7, 11) is 0. The van der Waals surface area contributed by atoms with Gasteiger partial charge in [0.25, 0.3) is 11.6 Å². The zero-order chi connectivity index (χ0) is 18.1. The second-order valence-corrected chi connectivity index (χ2v) is 6.25. The highest BCUT2D eigenvalue weighted by molar-refractivity contribution is 6.31. The van der Waals surface area contributed by atoms with E-state index in [-0.39, 0.29) is 16.3 Å². The molecule has 0 aliphatic carbocycles. The van der Waals surface area contributed by atoms with Gasteiger partial charge in [-0.3, -0.25) is 4.79 Å². The molecule has 1 aromatic carbocycles. The fourth-order valence-corrected chi connectivity index (χ4v) is 2.59. The third kappa shape index (κ3) is 3.42. The molecule has 0 spiro atoms. The second kappa shape index (κ2) is 6.72. The number of amides is 1. The number of hydrogen-bond acceptors (Lipinski definition) is 3. The van der Waals surface area contributed by atoms with Gasteiger partial charge in [0.15, 0.2) is 0 Å². The van der Waals surface area contributed by atoms with Gasteiger partial charge in [0.1, 0.15) is 0 Å². The van der Waals surface area contributed by atoms with Gasteiger partial charge in [0.05, 0.1) is 0 Å². The van der Waals surface area contributed by atoms with Crippen molar-refractivity contribution in [3.63, 3.8) is 0 Å². The van der Waals surface area contributed by atoms with Crippen molar-refractivity contribution in [2.45, 2.75) is 51.4 Å². The van der Waals surface area contributed by atoms with Crippen LogP contribution in [0.1, 0.15) is 48.5 Å². The van der Waals surface area contributed by atoms with Crippen molar-refractivity contribution in [3.05, 3.63) is 34.3 Å². The fraction of sp³-hybridized carbons (Fsp3) is 0.500. The van der Waals surface area contributed by atoms with Crippen LogP contribution in [0.15, 0.2) is 23.3 Å². The van der Waals surface area contributed by atoms with Crippen LogP contribution in [0.25, 0.3) is 0 Å². The van der Waals surface area contributed by atoms with E-state index in [1.807, 2.05) is 6.92 Å². The summed E-state index contributed by atoms with van der Waals surface area (Å²) in [6.07, 6.45) is -4.03. The number of aliphatic hydroxyl groups is 1. The first kappa shape index (κ1) is 18.7. The Labute approximate surface area is 142 Å². The first-order valence-corrected chi connectivity index (χ1v) is 7.94. The highest BCUT2D eigenvalue weighted by Crippen LogP contribution is 2.41. The molecule has 1 N–H and O–H groups in total. The van der Waals surface area contributed by atoms with Gasteiger partial charge in [-0.1, -0.05) is 24.9 Å². The van der Waals surface area contributed by atoms with E-state index in [1.54, 1.807) is 6.92 Å². The molecule has 132 valence electrons. The normalized spacial score (nSPS) is 21.1. The van der Waals surface area contributed by atoms with E-state index >= 15 is 0 Å². The average molecular weight is 363 g/mol. The Morgan fingerprint density at radius 2 is 2.12 bits per heavy atom. The molecule has 2 rings (SSSR count). The fourth-order valence-electron chi connectivity index (χ4n) is 2.47. The zero-order valence-corrected chi connectivity index (χ0v) is 14.1. The number of aryl methyl sites for hydroxylation is 1. The van der Waals surface area contributed by atoms with Gasteiger partial charge in [0.2, 0.25) is 0 Å². The molecule has 0 saturated carbocycles. The minimum Gasteiger partial charge on any atom is -0.362 e. The Morgan fingerprint density at radius 3 is 2.67 bits per heavy atom. The van der Waals surface area contributed by atoms with Gasteiger partial charge < -0.3 is 5.11 Å². The van der Waals surface area contributed by atoms with E-state index in [0.29, 0.717) is 23.4 Å². The molecular weight excluding hydrogens is 345 g/mol. The van der Waals surface area contributed by atoms with Gasteiger partial charge in [-0.15, -0.1) is 0 Å². The third-order valence-electron chi connectivity index (χ3n) is 3.91. The lowest BCUT2D eigenvalue weighted by atomic mass is 10.0. The summed E-state index contributed by atoms with van der Waals surface area (Å²) in [5, 5.41) is 14.5. The van der Waals surface area contributed by atoms with Crippen molar-refractivity contribution in [1.29, 1.82) is 0 Å². The lowest BCUT2D eigenvalue weighted by molar-refractivity contribution is -0.297. The van der Waals surface area contributed by atoms with Gasteiger partial charge in [-0.05, 0) is 43.5 Å². The van der Waals surface area contributed by atoms with E-state index in [9.17, 15) is 23.1 Å². The molecule has 8 heteroatoms. The average Bonchev–Trinajstić information content (AvgIpc) is 2.85. The molecule has 1 aromatic rings. The number of halogens is 4. The molecule has 1 aliphatic heterocycles. The second-order valence-electron chi connectivity index (χ2n) is 5.84. The zero-order valence-electron chi connectivity index (χ0n) is 13.3. The topological polar surface area (TPSA) is 52.9 Å². The number of hydrazone groups is 1. The first-order valence-electron chi connectivity index (χ1n) is 7.56. The SMILES string of the molecule is CCCCC1=NN(C(=O)c2ccc(Cl)c(C)c2)[C@@](O)(C(F)(F)F)C1. The monoisotopic (exact) mass is 362 g/mol. The van der Waals surface area contributed by atoms with Crippen LogP contribution in [0.3, 0.4) is 0 Å². The minimum absolute atomic E-state index is 0.0138. The quantitative estimate of drug-likeness (QED) is 0.868. The van der Waals surface area contributed by atoms with Crippen molar-refractivity contribution in [1.82, 2.24) is 5.01 Å². The number of unbranched alkanes of at least 4 members (excludes halogenated alkanes) is 1. The van der Waals surface area contributed by atoms with Crippen LogP contribution < -0.4 is 0 Å². The van der Waals surface area contributed by atoms with Crippen LogP contribution >= 0.6 is 11.6 Å². The molecule has 1 atom stereocenters. The van der Waals surface area contributed by atoms with Crippen molar-refractivity contribution in [2.75, 3.05) is 0 Å². The predicted octanol–water partition coefficient (Wildman–Crippen LogP) is 4.29. The van der Waals surface area contributed by atoms with Gasteiger partial charge >= 0.3 is 6.18 Å². The predicted molar refractivity (Wildman–Crippen MR) is 84.9 cm³/mol. The Kier molecular flexibility index (Phi) is 5.25. The molecular formula is C16H18ClF3N2O2. The van der Waals surface area contributed by atoms with Crippen molar-refractivity contribution < 1.29 is 23.1 Å². The number of hydrogen-bond donors (Lipinski definition) is 1. The molecule has 0 radical (unpaired) electrons. The minimum atomic E-state index is -5.01. The number of nitrogens with zero attached hydrogens (tertiary/aromatic N) is 2. The summed E-state index contributed by atoms with van der Waals surface area (Å²) in [5.74, 6) is -1.01. The van der Waals surface area contributed by atoms with Gasteiger partial charge in [-0.2, -0.15) is 23.3 Å². The Balaban J connectivity index is 2.39. The molecule has 0 aromatic heterocycles. The van der Waals surface area contributed by atoms with E-state index in [1.165, 1.54) is 18.2 Å². The summed E-state index contributed by atoms with van der Waals surface area (Å²) < 4.78 is 40.1. The highest BCUT2D eigenvalue weighted by atomic mass is 35.5. The Hall–Kier alpha value is -1.60. The maximum absolute atomic E-state index is 13.4. The molecule has 0 fully saturated rings. The van der Waals surface area contributed by atoms with Crippen LogP contribution in [-0.2, 0) is 0 Å². The van der Waals surface area contributed by atoms with Gasteiger partial charge in [-0.25, -0.2) is 0 Å². The molecule has 1 aliphatic rings. The van der Waals surface area contributed by atoms with Crippen LogP contribution in [0.5, 0.6) is 0 Å². The van der Waals surface area contributed by atoms with E-state index < -0.39 is 24.2 Å². The Bertz CT molecular complexity index is 676. The largest absolute Gasteiger partial charge is 0.438 e. The van der Waals surface area contributed by atoms with Crippen molar-refractivity contribution in [2.24, 2.45) is 5.10 Å². The highest BCUT2D eigenvalue weighted by Gasteiger charge is 2.63. The number of carbonyl (C=O) groups excluding carboxylic acids is 1. The standard InChI is InChI=1S/C16H18ClF3N2O2/c1-3-4-5-12-9-15(24,16(18,19)20)22(21-12)14(23)11-6-7-13(17)10(2)8-11/h6-8,24H,3-5,9H2,1-2H3/t15-/m0/s1. The summed E-state index contributed by atoms with van der Waals surface area (Å²) >= 11 is 5.87. The molecule has 24 heavy (non-hydrogen) atoms. The van der Waals surface area contributed by atoms with Gasteiger partial charge in [0, 0.05) is 22.7 Å². The number of carbonyl (C=O) groups is 1. The van der Waals surface area contributed by atoms with Crippen LogP contribution in [0, 0.1) is 6.92 Å². The molecule has 0 saturated heterocycles. The maximum Gasteiger partial charge on any atom is 0.438 e. The van der Waals surface area contributed by atoms with Crippen molar-refractivity contribution in [3.8, 4) is 0 Å². The summed E-state index contributed by atoms with van der Waals surface area (Å²) in [6, 6.07) is 4.11. The summed E-state index contributed by atoms with van der Waals surface area (Å²) in [5.41, 5.74) is -2.62. The molecule has 1 amide bonds. The Morgan fingerprint density at radius 1 is 1.46 bits per heavy atom. The van der Waals surface area contributed by atoms with Crippen molar-refractivity contribution >= 4 is 23.2 Å². The van der Waals surface area contributed by atoms with E-state index in [4.69, 9.17) is 11.6 Å². The van der Waals surface area contributed by atoms with E-state index in [2.05, 4.69) is 5.10 Å². The maximum atomic E-state index is 13.4. The number of alkyl halides is 3. The van der Waals surface area contributed by atoms with Crippen LogP contribution in [-0.4, -0.2) is 33.6 Å². The first-order chi connectivity index (χ1) is 11.1. The number of rotatable bonds is 4. The lowest BCUT2D eigenvalue weighted by Crippen LogP contribution is -2.56. The molecule has 1 heterocycles. The lowest BCUT2D eigenvalue weighted by Gasteiger charge is -2.32. The summed E-state index contributed by atoms with van der Waals surface area (Å²) in [4.78, 5) is 12.5. The van der Waals surface area contributed by atoms with Crippen LogP contribution in [0.4, 0.5) is 13.2 Å². The third-order valence-corrected chi connectivity index (χ3v) is 4.34.